The average molecular weight is 227 g/mol. The van der Waals surface area contributed by atoms with Gasteiger partial charge in [0, 0.05) is 20.1 Å². The molecule has 1 aromatic rings. The monoisotopic (exact) mass is 227 g/mol. The van der Waals surface area contributed by atoms with Crippen molar-refractivity contribution in [3.05, 3.63) is 22.0 Å². The Morgan fingerprint density at radius 1 is 1.75 bits per heavy atom. The highest BCUT2D eigenvalue weighted by atomic mass is 16.6. The molecule has 7 heteroatoms. The van der Waals surface area contributed by atoms with E-state index in [0.717, 1.165) is 0 Å². The van der Waals surface area contributed by atoms with Crippen molar-refractivity contribution in [3.8, 4) is 0 Å². The number of rotatable bonds is 2. The summed E-state index contributed by atoms with van der Waals surface area (Å²) >= 11 is 0. The van der Waals surface area contributed by atoms with Crippen LogP contribution in [0.1, 0.15) is 24.6 Å². The third-order valence-electron chi connectivity index (χ3n) is 2.72. The van der Waals surface area contributed by atoms with Gasteiger partial charge in [-0.1, -0.05) is 0 Å². The van der Waals surface area contributed by atoms with Gasteiger partial charge >= 0.3 is 5.69 Å². The molecule has 16 heavy (non-hydrogen) atoms. The molecule has 2 atom stereocenters. The molecule has 0 amide bonds. The van der Waals surface area contributed by atoms with Crippen LogP contribution in [0.2, 0.25) is 0 Å². The standard InChI is InChI=1S/C9H13N3O4/c1-11-9(7(5-10-11)12(14)15)8-4-6(13)2-3-16-8/h5-6,8,13H,2-4H2,1H3. The average Bonchev–Trinajstić information content (AvgIpc) is 2.60. The summed E-state index contributed by atoms with van der Waals surface area (Å²) in [4.78, 5) is 10.3. The molecular formula is C9H13N3O4. The third kappa shape index (κ3) is 1.91. The molecule has 0 aliphatic carbocycles. The van der Waals surface area contributed by atoms with Crippen molar-refractivity contribution in [1.82, 2.24) is 9.78 Å². The van der Waals surface area contributed by atoms with Crippen molar-refractivity contribution in [3.63, 3.8) is 0 Å². The Kier molecular flexibility index (Phi) is 2.88. The first-order valence-corrected chi connectivity index (χ1v) is 5.05. The number of aliphatic hydroxyl groups is 1. The molecule has 2 unspecified atom stereocenters. The lowest BCUT2D eigenvalue weighted by molar-refractivity contribution is -0.386. The molecule has 2 heterocycles. The molecule has 88 valence electrons. The van der Waals surface area contributed by atoms with Crippen LogP contribution in [0.15, 0.2) is 6.20 Å². The summed E-state index contributed by atoms with van der Waals surface area (Å²) in [5.74, 6) is 0. The first kappa shape index (κ1) is 11.0. The lowest BCUT2D eigenvalue weighted by atomic mass is 10.0. The summed E-state index contributed by atoms with van der Waals surface area (Å²) in [7, 11) is 1.63. The topological polar surface area (TPSA) is 90.4 Å². The first-order chi connectivity index (χ1) is 7.59. The summed E-state index contributed by atoms with van der Waals surface area (Å²) < 4.78 is 6.87. The van der Waals surface area contributed by atoms with Gasteiger partial charge < -0.3 is 9.84 Å². The Balaban J connectivity index is 2.31. The van der Waals surface area contributed by atoms with Gasteiger partial charge in [0.15, 0.2) is 0 Å². The van der Waals surface area contributed by atoms with Gasteiger partial charge in [0.25, 0.3) is 0 Å². The van der Waals surface area contributed by atoms with Crippen LogP contribution in [0, 0.1) is 10.1 Å². The Morgan fingerprint density at radius 2 is 2.50 bits per heavy atom. The minimum atomic E-state index is -0.479. The zero-order valence-electron chi connectivity index (χ0n) is 8.87. The summed E-state index contributed by atoms with van der Waals surface area (Å²) in [5.41, 5.74) is 0.366. The fraction of sp³-hybridized carbons (Fsp3) is 0.667. The maximum absolute atomic E-state index is 10.8. The van der Waals surface area contributed by atoms with Crippen LogP contribution in [0.3, 0.4) is 0 Å². The summed E-state index contributed by atoms with van der Waals surface area (Å²) in [6.07, 6.45) is 1.24. The van der Waals surface area contributed by atoms with E-state index < -0.39 is 17.1 Å². The number of nitro groups is 1. The maximum atomic E-state index is 10.8. The predicted molar refractivity (Wildman–Crippen MR) is 53.8 cm³/mol. The third-order valence-corrected chi connectivity index (χ3v) is 2.72. The van der Waals surface area contributed by atoms with Gasteiger partial charge in [0.2, 0.25) is 0 Å². The fourth-order valence-electron chi connectivity index (χ4n) is 1.92. The molecule has 0 aromatic carbocycles. The molecule has 1 fully saturated rings. The van der Waals surface area contributed by atoms with E-state index in [4.69, 9.17) is 4.74 Å². The van der Waals surface area contributed by atoms with E-state index in [9.17, 15) is 15.2 Å². The molecule has 0 radical (unpaired) electrons. The van der Waals surface area contributed by atoms with Gasteiger partial charge in [0.1, 0.15) is 18.0 Å². The van der Waals surface area contributed by atoms with E-state index in [1.54, 1.807) is 7.05 Å². The highest BCUT2D eigenvalue weighted by Gasteiger charge is 2.31. The lowest BCUT2D eigenvalue weighted by Crippen LogP contribution is -2.25. The molecule has 1 aromatic heterocycles. The van der Waals surface area contributed by atoms with Crippen molar-refractivity contribution in [1.29, 1.82) is 0 Å². The van der Waals surface area contributed by atoms with E-state index in [-0.39, 0.29) is 5.69 Å². The van der Waals surface area contributed by atoms with Crippen LogP contribution < -0.4 is 0 Å². The second-order valence-corrected chi connectivity index (χ2v) is 3.83. The molecular weight excluding hydrogens is 214 g/mol. The Labute approximate surface area is 91.8 Å². The minimum absolute atomic E-state index is 0.0541. The molecule has 1 saturated heterocycles. The van der Waals surface area contributed by atoms with Crippen molar-refractivity contribution in [2.75, 3.05) is 6.61 Å². The van der Waals surface area contributed by atoms with Gasteiger partial charge in [-0.3, -0.25) is 14.8 Å². The van der Waals surface area contributed by atoms with E-state index >= 15 is 0 Å². The van der Waals surface area contributed by atoms with E-state index in [2.05, 4.69) is 5.10 Å². The van der Waals surface area contributed by atoms with Crippen LogP contribution in [-0.4, -0.2) is 32.5 Å². The highest BCUT2D eigenvalue weighted by Crippen LogP contribution is 2.33. The molecule has 2 rings (SSSR count). The number of aliphatic hydroxyl groups excluding tert-OH is 1. The number of aromatic nitrogens is 2. The molecule has 7 nitrogen and oxygen atoms in total. The van der Waals surface area contributed by atoms with Crippen molar-refractivity contribution < 1.29 is 14.8 Å². The number of ether oxygens (including phenoxy) is 1. The Bertz CT molecular complexity index is 403. The second-order valence-electron chi connectivity index (χ2n) is 3.83. The molecule has 0 saturated carbocycles. The Morgan fingerprint density at radius 3 is 3.12 bits per heavy atom. The summed E-state index contributed by atoms with van der Waals surface area (Å²) in [6.45, 7) is 0.411. The van der Waals surface area contributed by atoms with Gasteiger partial charge in [-0.05, 0) is 6.42 Å². The largest absolute Gasteiger partial charge is 0.393 e. The van der Waals surface area contributed by atoms with Crippen molar-refractivity contribution in [2.24, 2.45) is 7.05 Å². The van der Waals surface area contributed by atoms with E-state index in [1.807, 2.05) is 0 Å². The molecule has 0 bridgehead atoms. The van der Waals surface area contributed by atoms with Crippen molar-refractivity contribution >= 4 is 5.69 Å². The highest BCUT2D eigenvalue weighted by molar-refractivity contribution is 5.35. The predicted octanol–water partition coefficient (Wildman–Crippen LogP) is 0.541. The smallest absolute Gasteiger partial charge is 0.312 e. The number of nitrogens with zero attached hydrogens (tertiary/aromatic N) is 3. The fourth-order valence-corrected chi connectivity index (χ4v) is 1.92. The van der Waals surface area contributed by atoms with Gasteiger partial charge in [-0.15, -0.1) is 0 Å². The van der Waals surface area contributed by atoms with Gasteiger partial charge in [-0.25, -0.2) is 0 Å². The zero-order valence-corrected chi connectivity index (χ0v) is 8.87. The quantitative estimate of drug-likeness (QED) is 0.588. The van der Waals surface area contributed by atoms with E-state index in [1.165, 1.54) is 10.9 Å². The lowest BCUT2D eigenvalue weighted by Gasteiger charge is -2.25. The first-order valence-electron chi connectivity index (χ1n) is 5.05. The van der Waals surface area contributed by atoms with Crippen LogP contribution >= 0.6 is 0 Å². The van der Waals surface area contributed by atoms with Gasteiger partial charge in [-0.2, -0.15) is 5.10 Å². The Hall–Kier alpha value is -1.47. The molecule has 1 aliphatic rings. The normalized spacial score (nSPS) is 25.6. The minimum Gasteiger partial charge on any atom is -0.393 e. The number of hydrogen-bond acceptors (Lipinski definition) is 5. The van der Waals surface area contributed by atoms with Crippen LogP contribution in [0.25, 0.3) is 0 Å². The molecule has 1 aliphatic heterocycles. The maximum Gasteiger partial charge on any atom is 0.312 e. The second kappa shape index (κ2) is 4.18. The van der Waals surface area contributed by atoms with Crippen molar-refractivity contribution in [2.45, 2.75) is 25.0 Å². The number of aryl methyl sites for hydroxylation is 1. The van der Waals surface area contributed by atoms with Gasteiger partial charge in [0.05, 0.1) is 11.0 Å². The van der Waals surface area contributed by atoms with Crippen LogP contribution in [-0.2, 0) is 11.8 Å². The zero-order chi connectivity index (χ0) is 11.7. The molecule has 0 spiro atoms. The summed E-state index contributed by atoms with van der Waals surface area (Å²) in [6, 6.07) is 0. The van der Waals surface area contributed by atoms with Crippen LogP contribution in [0.4, 0.5) is 5.69 Å². The SMILES string of the molecule is Cn1ncc([N+](=O)[O-])c1C1CC(O)CCO1. The van der Waals surface area contributed by atoms with Crippen LogP contribution in [0.5, 0.6) is 0 Å². The summed E-state index contributed by atoms with van der Waals surface area (Å²) in [5, 5.41) is 24.2. The van der Waals surface area contributed by atoms with E-state index in [0.29, 0.717) is 25.1 Å². The molecule has 1 N–H and O–H groups in total. The number of hydrogen-bond donors (Lipinski definition) is 1.